The molecule has 2 aliphatic rings. The predicted octanol–water partition coefficient (Wildman–Crippen LogP) is 6.48. The Kier molecular flexibility index (Phi) is 15.3. The van der Waals surface area contributed by atoms with Crippen molar-refractivity contribution in [2.45, 2.75) is 90.8 Å². The van der Waals surface area contributed by atoms with Crippen LogP contribution >= 0.6 is 23.8 Å². The second-order valence-electron chi connectivity index (χ2n) is 15.3. The summed E-state index contributed by atoms with van der Waals surface area (Å²) in [7, 11) is -1.07. The van der Waals surface area contributed by atoms with Crippen LogP contribution in [0.15, 0.2) is 47.3 Å². The number of carbonyl (C=O) groups is 4. The Morgan fingerprint density at radius 3 is 2.33 bits per heavy atom. The molecule has 0 spiro atoms. The molecule has 60 heavy (non-hydrogen) atoms. The largest absolute Gasteiger partial charge is 0.475 e. The van der Waals surface area contributed by atoms with Gasteiger partial charge in [0.05, 0.1) is 50.1 Å². The Balaban J connectivity index is 1.13. The van der Waals surface area contributed by atoms with Gasteiger partial charge in [-0.2, -0.15) is 5.10 Å². The summed E-state index contributed by atoms with van der Waals surface area (Å²) in [6, 6.07) is 8.70. The van der Waals surface area contributed by atoms with Crippen LogP contribution in [0.3, 0.4) is 0 Å². The summed E-state index contributed by atoms with van der Waals surface area (Å²) in [5, 5.41) is 5.20. The number of ketones is 3. The van der Waals surface area contributed by atoms with E-state index in [9.17, 15) is 23.7 Å². The predicted molar refractivity (Wildman–Crippen MR) is 224 cm³/mol. The number of halogens is 1. The van der Waals surface area contributed by atoms with Gasteiger partial charge in [0.15, 0.2) is 17.3 Å². The second-order valence-corrected chi connectivity index (χ2v) is 17.8. The maximum atomic E-state index is 14.3. The highest BCUT2D eigenvalue weighted by molar-refractivity contribution is 9.10. The second kappa shape index (κ2) is 20.2. The maximum Gasteiger partial charge on any atom is 0.475 e. The van der Waals surface area contributed by atoms with Crippen molar-refractivity contribution in [3.05, 3.63) is 70.1 Å². The summed E-state index contributed by atoms with van der Waals surface area (Å²) in [4.78, 5) is 69.0. The lowest BCUT2D eigenvalue weighted by Gasteiger charge is -2.27. The van der Waals surface area contributed by atoms with Gasteiger partial charge in [-0.1, -0.05) is 31.9 Å². The van der Waals surface area contributed by atoms with E-state index < -0.39 is 20.5 Å². The summed E-state index contributed by atoms with van der Waals surface area (Å²) in [5.41, 5.74) is 3.79. The highest BCUT2D eigenvalue weighted by atomic mass is 79.9. The van der Waals surface area contributed by atoms with Gasteiger partial charge in [-0.15, -0.1) is 0 Å². The summed E-state index contributed by atoms with van der Waals surface area (Å²) in [6.07, 6.45) is 8.19. The number of fused-ring (bicyclic) bond motifs is 2. The van der Waals surface area contributed by atoms with Gasteiger partial charge in [0.25, 0.3) is 0 Å². The lowest BCUT2D eigenvalue weighted by molar-refractivity contribution is -0.139. The van der Waals surface area contributed by atoms with Gasteiger partial charge in [-0.3, -0.25) is 37.4 Å². The van der Waals surface area contributed by atoms with Crippen LogP contribution in [0, 0.1) is 12.3 Å². The molecular weight excluding hydrogens is 859 g/mol. The fourth-order valence-electron chi connectivity index (χ4n) is 7.79. The van der Waals surface area contributed by atoms with Crippen LogP contribution < -0.4 is 0 Å². The quantitative estimate of drug-likeness (QED) is 0.0321. The number of hydrogen-bond acceptors (Lipinski definition) is 14. The molecule has 6 rings (SSSR count). The van der Waals surface area contributed by atoms with E-state index in [-0.39, 0.29) is 92.6 Å². The van der Waals surface area contributed by atoms with Crippen LogP contribution in [0.2, 0.25) is 0 Å². The molecule has 1 aliphatic heterocycles. The molecule has 0 radical (unpaired) electrons. The summed E-state index contributed by atoms with van der Waals surface area (Å²) < 4.78 is 40.7. The number of phosphoric ester groups is 1. The van der Waals surface area contributed by atoms with Crippen molar-refractivity contribution in [3.8, 4) is 11.1 Å². The van der Waals surface area contributed by atoms with Gasteiger partial charge in [0.2, 0.25) is 5.91 Å². The van der Waals surface area contributed by atoms with Gasteiger partial charge >= 0.3 is 7.82 Å². The topological polar surface area (TPSA) is 191 Å². The summed E-state index contributed by atoms with van der Waals surface area (Å²) in [5.74, 6) is -0.417. The highest BCUT2D eigenvalue weighted by Crippen LogP contribution is 2.62. The molecule has 3 aromatic heterocycles. The number of ether oxygens (including phenoxy) is 2. The minimum atomic E-state index is -4.01. The first-order valence-electron chi connectivity index (χ1n) is 20.1. The molecule has 0 bridgehead atoms. The standard InChI is InChI=1S/C42H52BrN6O10P/c1-6-7-14-42-21-35(36(52)20-33-27(2)8-12-38(43)46-33)49(37(42)22-42)40(53)25-48-34-11-9-29(19-32(34)41(47-48)28(3)50)30-23-44-39(45-24-30)13-10-31(51)26-59-60(54,57-17-15-55-4)58-18-16-56-5/h8-9,11-12,19,23-24,35,37H,6-7,10,13-18,20-22,25-26H2,1-5H3/t35-,37+,42-/m0/s1. The first-order chi connectivity index (χ1) is 28.8. The van der Waals surface area contributed by atoms with Crippen LogP contribution in [0.4, 0.5) is 0 Å². The minimum Gasteiger partial charge on any atom is -0.382 e. The van der Waals surface area contributed by atoms with Crippen LogP contribution in [-0.4, -0.2) is 112 Å². The van der Waals surface area contributed by atoms with E-state index in [0.717, 1.165) is 36.8 Å². The number of aryl methyl sites for hydroxylation is 2. The molecule has 0 unspecified atom stereocenters. The lowest BCUT2D eigenvalue weighted by Crippen LogP contribution is -2.45. The van der Waals surface area contributed by atoms with Gasteiger partial charge in [0, 0.05) is 63.4 Å². The number of amides is 1. The number of unbranched alkanes of at least 4 members (excludes halogenated alkanes) is 1. The lowest BCUT2D eigenvalue weighted by atomic mass is 9.91. The van der Waals surface area contributed by atoms with Crippen molar-refractivity contribution in [2.24, 2.45) is 5.41 Å². The summed E-state index contributed by atoms with van der Waals surface area (Å²) >= 11 is 3.42. The third-order valence-corrected chi connectivity index (χ3v) is 13.0. The Hall–Kier alpha value is -4.09. The van der Waals surface area contributed by atoms with Crippen molar-refractivity contribution < 1.29 is 46.8 Å². The molecule has 1 aliphatic carbocycles. The van der Waals surface area contributed by atoms with Gasteiger partial charge in [-0.05, 0) is 76.9 Å². The van der Waals surface area contributed by atoms with Gasteiger partial charge < -0.3 is 14.4 Å². The number of pyridine rings is 1. The zero-order chi connectivity index (χ0) is 43.0. The molecule has 4 aromatic rings. The first-order valence-corrected chi connectivity index (χ1v) is 22.4. The van der Waals surface area contributed by atoms with Crippen LogP contribution in [0.25, 0.3) is 22.0 Å². The van der Waals surface area contributed by atoms with E-state index in [1.165, 1.54) is 21.1 Å². The van der Waals surface area contributed by atoms with Crippen LogP contribution in [0.5, 0.6) is 0 Å². The molecule has 1 saturated carbocycles. The average molecular weight is 912 g/mol. The van der Waals surface area contributed by atoms with Crippen LogP contribution in [-0.2, 0) is 61.4 Å². The fourth-order valence-corrected chi connectivity index (χ4v) is 9.26. The number of carbonyl (C=O) groups excluding carboxylic acids is 4. The first kappa shape index (κ1) is 45.4. The molecule has 322 valence electrons. The molecule has 0 N–H and O–H groups in total. The number of rotatable bonds is 24. The molecule has 18 heteroatoms. The molecule has 2 fully saturated rings. The normalized spacial score (nSPS) is 18.5. The Bertz CT molecular complexity index is 2240. The third kappa shape index (κ3) is 10.9. The maximum absolute atomic E-state index is 14.3. The molecule has 3 atom stereocenters. The van der Waals surface area contributed by atoms with E-state index in [1.54, 1.807) is 22.0 Å². The molecule has 1 aromatic carbocycles. The van der Waals surface area contributed by atoms with Gasteiger partial charge in [0.1, 0.15) is 29.3 Å². The van der Waals surface area contributed by atoms with E-state index >= 15 is 0 Å². The third-order valence-electron chi connectivity index (χ3n) is 11.1. The van der Waals surface area contributed by atoms with Crippen molar-refractivity contribution in [3.63, 3.8) is 0 Å². The van der Waals surface area contributed by atoms with Crippen molar-refractivity contribution in [1.82, 2.24) is 29.6 Å². The molecule has 16 nitrogen and oxygen atoms in total. The zero-order valence-corrected chi connectivity index (χ0v) is 37.2. The number of benzene rings is 1. The number of nitrogens with zero attached hydrogens (tertiary/aromatic N) is 6. The smallest absolute Gasteiger partial charge is 0.382 e. The number of aromatic nitrogens is 5. The molecule has 1 amide bonds. The molecular formula is C42H52BrN6O10P. The zero-order valence-electron chi connectivity index (χ0n) is 34.7. The van der Waals surface area contributed by atoms with E-state index in [2.05, 4.69) is 42.9 Å². The highest BCUT2D eigenvalue weighted by Gasteiger charge is 2.66. The Morgan fingerprint density at radius 2 is 1.67 bits per heavy atom. The molecule has 4 heterocycles. The number of phosphoric acid groups is 1. The number of piperidine rings is 1. The monoisotopic (exact) mass is 910 g/mol. The van der Waals surface area contributed by atoms with E-state index in [0.29, 0.717) is 39.0 Å². The van der Waals surface area contributed by atoms with E-state index in [4.69, 9.17) is 23.0 Å². The number of methoxy groups -OCH3 is 2. The van der Waals surface area contributed by atoms with Crippen molar-refractivity contribution in [2.75, 3.05) is 47.3 Å². The average Bonchev–Trinajstić information content (AvgIpc) is 3.65. The summed E-state index contributed by atoms with van der Waals surface area (Å²) in [6.45, 7) is 5.13. The van der Waals surface area contributed by atoms with Gasteiger partial charge in [-0.25, -0.2) is 19.5 Å². The fraction of sp³-hybridized carbons (Fsp3) is 0.524. The minimum absolute atomic E-state index is 0.00694. The number of Topliss-reactive ketones (excluding diaryl/α,β-unsaturated/α-hetero) is 3. The SMILES string of the molecule is CCCC[C@@]12C[C@@H](C(=O)Cc3nc(Br)ccc3C)N(C(=O)Cn3nc(C(C)=O)c4cc(-c5cnc(CCC(=O)COP(=O)(OCCOC)OCCOC)nc5)ccc43)[C@@H]1C2. The van der Waals surface area contributed by atoms with E-state index in [1.807, 2.05) is 37.3 Å². The molecule has 1 saturated heterocycles. The number of hydrogen-bond donors (Lipinski definition) is 0. The Labute approximate surface area is 357 Å². The van der Waals surface area contributed by atoms with Crippen molar-refractivity contribution >= 4 is 57.9 Å². The Morgan fingerprint density at radius 1 is 0.950 bits per heavy atom. The van der Waals surface area contributed by atoms with Crippen LogP contribution in [0.1, 0.15) is 79.9 Å². The number of likely N-dealkylation sites (tertiary alicyclic amines) is 1. The van der Waals surface area contributed by atoms with Crippen molar-refractivity contribution in [1.29, 1.82) is 0 Å².